The molecule has 0 saturated heterocycles. The fourth-order valence-electron chi connectivity index (χ4n) is 4.08. The molecule has 0 bridgehead atoms. The average Bonchev–Trinajstić information content (AvgIpc) is 3.10. The number of carbonyl (C=O) groups excluding carboxylic acids is 1. The first-order chi connectivity index (χ1) is 15.0. The van der Waals surface area contributed by atoms with Crippen molar-refractivity contribution in [3.8, 4) is 17.2 Å². The molecule has 8 heteroatoms. The number of carbonyl (C=O) groups is 1. The van der Waals surface area contributed by atoms with Crippen LogP contribution in [0.25, 0.3) is 17.2 Å². The highest BCUT2D eigenvalue weighted by molar-refractivity contribution is 5.95. The Hall–Kier alpha value is -3.94. The molecule has 1 aliphatic rings. The molecule has 0 fully saturated rings. The fraction of sp³-hybridized carbons (Fsp3) is 0.174. The van der Waals surface area contributed by atoms with Gasteiger partial charge in [0.25, 0.3) is 5.95 Å². The Balaban J connectivity index is 1.63. The maximum Gasteiger partial charge on any atom is 0.272 e. The number of benzene rings is 2. The van der Waals surface area contributed by atoms with Crippen LogP contribution in [0.2, 0.25) is 0 Å². The first kappa shape index (κ1) is 19.0. The summed E-state index contributed by atoms with van der Waals surface area (Å²) < 4.78 is 14.8. The number of halogens is 1. The Labute approximate surface area is 178 Å². The van der Waals surface area contributed by atoms with Crippen LogP contribution in [0.15, 0.2) is 54.7 Å². The van der Waals surface area contributed by atoms with Gasteiger partial charge in [-0.15, -0.1) is 5.10 Å². The average molecular weight is 414 g/mol. The molecule has 0 unspecified atom stereocenters. The van der Waals surface area contributed by atoms with E-state index in [1.807, 2.05) is 38.1 Å². The summed E-state index contributed by atoms with van der Waals surface area (Å²) in [6.45, 7) is 3.95. The Bertz CT molecular complexity index is 1300. The summed E-state index contributed by atoms with van der Waals surface area (Å²) in [5.74, 6) is 0.265. The largest absolute Gasteiger partial charge is 0.310 e. The zero-order valence-electron chi connectivity index (χ0n) is 17.0. The number of fused-ring (bicyclic) bond motifs is 1. The third kappa shape index (κ3) is 3.35. The second-order valence-electron chi connectivity index (χ2n) is 7.57. The van der Waals surface area contributed by atoms with Gasteiger partial charge in [-0.1, -0.05) is 24.3 Å². The van der Waals surface area contributed by atoms with E-state index in [0.717, 1.165) is 22.4 Å². The Morgan fingerprint density at radius 2 is 1.87 bits per heavy atom. The first-order valence-corrected chi connectivity index (χ1v) is 9.92. The number of nitrogens with one attached hydrogen (secondary N) is 1. The molecule has 3 heterocycles. The molecule has 1 aliphatic heterocycles. The van der Waals surface area contributed by atoms with Crippen LogP contribution in [0.1, 0.15) is 34.7 Å². The molecule has 0 saturated carbocycles. The van der Waals surface area contributed by atoms with E-state index in [2.05, 4.69) is 25.6 Å². The third-order valence-electron chi connectivity index (χ3n) is 5.54. The lowest BCUT2D eigenvalue weighted by molar-refractivity contribution is -0.116. The summed E-state index contributed by atoms with van der Waals surface area (Å²) in [6, 6.07) is 14.0. The van der Waals surface area contributed by atoms with Gasteiger partial charge in [-0.05, 0) is 49.2 Å². The monoisotopic (exact) mass is 414 g/mol. The van der Waals surface area contributed by atoms with Crippen LogP contribution >= 0.6 is 0 Å². The highest BCUT2D eigenvalue weighted by Crippen LogP contribution is 2.40. The number of nitrogens with zero attached hydrogens (tertiary/aromatic N) is 5. The maximum atomic E-state index is 13.3. The van der Waals surface area contributed by atoms with Crippen molar-refractivity contribution in [3.05, 3.63) is 82.9 Å². The van der Waals surface area contributed by atoms with Gasteiger partial charge in [0.2, 0.25) is 5.91 Å². The van der Waals surface area contributed by atoms with Crippen molar-refractivity contribution in [2.75, 3.05) is 5.32 Å². The van der Waals surface area contributed by atoms with Crippen LogP contribution in [0.5, 0.6) is 0 Å². The lowest BCUT2D eigenvalue weighted by Crippen LogP contribution is -2.25. The van der Waals surface area contributed by atoms with Gasteiger partial charge in [0.05, 0.1) is 17.6 Å². The number of rotatable bonds is 3. The summed E-state index contributed by atoms with van der Waals surface area (Å²) in [5.41, 5.74) is 5.20. The van der Waals surface area contributed by atoms with Gasteiger partial charge >= 0.3 is 0 Å². The van der Waals surface area contributed by atoms with E-state index < -0.39 is 0 Å². The minimum absolute atomic E-state index is 0.0930. The summed E-state index contributed by atoms with van der Waals surface area (Å²) in [7, 11) is 0. The summed E-state index contributed by atoms with van der Waals surface area (Å²) in [6.07, 6.45) is 1.85. The molecule has 1 amide bonds. The summed E-state index contributed by atoms with van der Waals surface area (Å²) in [5, 5.41) is 15.7. The van der Waals surface area contributed by atoms with Gasteiger partial charge in [-0.3, -0.25) is 4.79 Å². The predicted molar refractivity (Wildman–Crippen MR) is 113 cm³/mol. The van der Waals surface area contributed by atoms with Crippen molar-refractivity contribution in [3.63, 3.8) is 0 Å². The number of aromatic nitrogens is 5. The predicted octanol–water partition coefficient (Wildman–Crippen LogP) is 3.95. The van der Waals surface area contributed by atoms with Crippen LogP contribution in [0, 0.1) is 19.7 Å². The van der Waals surface area contributed by atoms with Crippen molar-refractivity contribution >= 4 is 11.7 Å². The Morgan fingerprint density at radius 1 is 1.10 bits per heavy atom. The lowest BCUT2D eigenvalue weighted by atomic mass is 9.84. The molecule has 0 aliphatic carbocycles. The molecule has 154 valence electrons. The number of hydrogen-bond acceptors (Lipinski definition) is 5. The van der Waals surface area contributed by atoms with Gasteiger partial charge < -0.3 is 5.32 Å². The minimum Gasteiger partial charge on any atom is -0.310 e. The Kier molecular flexibility index (Phi) is 4.54. The summed E-state index contributed by atoms with van der Waals surface area (Å²) >= 11 is 0. The lowest BCUT2D eigenvalue weighted by Gasteiger charge is -2.25. The van der Waals surface area contributed by atoms with Crippen molar-refractivity contribution in [1.29, 1.82) is 0 Å². The van der Waals surface area contributed by atoms with Crippen molar-refractivity contribution < 1.29 is 9.18 Å². The molecule has 4 aromatic rings. The van der Waals surface area contributed by atoms with Gasteiger partial charge in [-0.25, -0.2) is 9.37 Å². The molecule has 31 heavy (non-hydrogen) atoms. The zero-order chi connectivity index (χ0) is 21.5. The van der Waals surface area contributed by atoms with Crippen molar-refractivity contribution in [2.24, 2.45) is 0 Å². The van der Waals surface area contributed by atoms with Crippen LogP contribution < -0.4 is 5.32 Å². The number of anilines is 1. The molecule has 5 rings (SSSR count). The summed E-state index contributed by atoms with van der Waals surface area (Å²) in [4.78, 5) is 17.1. The molecule has 7 nitrogen and oxygen atoms in total. The normalized spacial score (nSPS) is 15.5. The number of hydrogen-bond donors (Lipinski definition) is 1. The molecule has 0 spiro atoms. The number of aryl methyl sites for hydroxylation is 2. The van der Waals surface area contributed by atoms with E-state index in [9.17, 15) is 9.18 Å². The Morgan fingerprint density at radius 3 is 2.65 bits per heavy atom. The van der Waals surface area contributed by atoms with E-state index in [1.54, 1.807) is 12.1 Å². The quantitative estimate of drug-likeness (QED) is 0.549. The van der Waals surface area contributed by atoms with Gasteiger partial charge in [0.1, 0.15) is 11.6 Å². The van der Waals surface area contributed by atoms with Crippen molar-refractivity contribution in [2.45, 2.75) is 26.2 Å². The fourth-order valence-corrected chi connectivity index (χ4v) is 4.08. The van der Waals surface area contributed by atoms with Crippen LogP contribution in [0.4, 0.5) is 10.2 Å². The van der Waals surface area contributed by atoms with Gasteiger partial charge in [-0.2, -0.15) is 14.9 Å². The molecular weight excluding hydrogens is 395 g/mol. The van der Waals surface area contributed by atoms with Gasteiger partial charge in [0.15, 0.2) is 0 Å². The second-order valence-corrected chi connectivity index (χ2v) is 7.57. The highest BCUT2D eigenvalue weighted by atomic mass is 19.1. The highest BCUT2D eigenvalue weighted by Gasteiger charge is 2.33. The van der Waals surface area contributed by atoms with E-state index in [0.29, 0.717) is 23.5 Å². The van der Waals surface area contributed by atoms with E-state index >= 15 is 0 Å². The van der Waals surface area contributed by atoms with Crippen molar-refractivity contribution in [1.82, 2.24) is 25.0 Å². The standard InChI is InChI=1S/C23H19FN6O/c1-13-5-3-4-6-17(13)18-11-20(31)27-22-21(18)14(2)29-30(22)23-26-19(12-25-28-23)15-7-9-16(24)10-8-15/h3-10,12,18H,11H2,1-2H3,(H,27,31)/t18-/m1/s1. The zero-order valence-corrected chi connectivity index (χ0v) is 17.0. The molecule has 1 atom stereocenters. The SMILES string of the molecule is Cc1ccccc1[C@H]1CC(=O)Nc2c1c(C)nn2-c1nncc(-c2ccc(F)cc2)n1. The van der Waals surface area contributed by atoms with E-state index in [4.69, 9.17) is 0 Å². The van der Waals surface area contributed by atoms with E-state index in [1.165, 1.54) is 23.0 Å². The van der Waals surface area contributed by atoms with E-state index in [-0.39, 0.29) is 23.6 Å². The molecular formula is C23H19FN6O. The minimum atomic E-state index is -0.326. The molecule has 0 radical (unpaired) electrons. The van der Waals surface area contributed by atoms with Crippen LogP contribution in [-0.4, -0.2) is 30.9 Å². The molecule has 1 N–H and O–H groups in total. The second kappa shape index (κ2) is 7.39. The van der Waals surface area contributed by atoms with Crippen LogP contribution in [0.3, 0.4) is 0 Å². The maximum absolute atomic E-state index is 13.3. The van der Waals surface area contributed by atoms with Gasteiger partial charge in [0, 0.05) is 23.5 Å². The smallest absolute Gasteiger partial charge is 0.272 e. The first-order valence-electron chi connectivity index (χ1n) is 9.92. The topological polar surface area (TPSA) is 85.6 Å². The third-order valence-corrected chi connectivity index (χ3v) is 5.54. The molecule has 2 aromatic heterocycles. The van der Waals surface area contributed by atoms with Crippen LogP contribution in [-0.2, 0) is 4.79 Å². The molecule has 2 aromatic carbocycles. The number of amides is 1.